The van der Waals surface area contributed by atoms with Gasteiger partial charge >= 0.3 is 0 Å². The predicted molar refractivity (Wildman–Crippen MR) is 95.8 cm³/mol. The molecule has 0 bridgehead atoms. The number of aromatic nitrogens is 2. The first-order valence-electron chi connectivity index (χ1n) is 8.62. The minimum Gasteiger partial charge on any atom is -0.395 e. The lowest BCUT2D eigenvalue weighted by Gasteiger charge is -2.40. The van der Waals surface area contributed by atoms with Crippen molar-refractivity contribution in [2.24, 2.45) is 0 Å². The lowest BCUT2D eigenvalue weighted by Crippen LogP contribution is -2.46. The van der Waals surface area contributed by atoms with Gasteiger partial charge in [0, 0.05) is 30.0 Å². The molecule has 2 aromatic rings. The van der Waals surface area contributed by atoms with Crippen LogP contribution in [0.5, 0.6) is 0 Å². The predicted octanol–water partition coefficient (Wildman–Crippen LogP) is 3.06. The van der Waals surface area contributed by atoms with Crippen LogP contribution in [0.2, 0.25) is 0 Å². The Morgan fingerprint density at radius 2 is 2.12 bits per heavy atom. The summed E-state index contributed by atoms with van der Waals surface area (Å²) in [6.45, 7) is 2.89. The molecule has 1 N–H and O–H groups in total. The Balaban J connectivity index is 1.76. The summed E-state index contributed by atoms with van der Waals surface area (Å²) < 4.78 is 5.45. The van der Waals surface area contributed by atoms with Gasteiger partial charge in [-0.1, -0.05) is 48.8 Å². The van der Waals surface area contributed by atoms with Gasteiger partial charge in [0.25, 0.3) is 0 Å². The van der Waals surface area contributed by atoms with Gasteiger partial charge in [-0.15, -0.1) is 0 Å². The van der Waals surface area contributed by atoms with E-state index in [9.17, 15) is 5.11 Å². The minimum absolute atomic E-state index is 0.111. The molecule has 0 radical (unpaired) electrons. The van der Waals surface area contributed by atoms with Crippen LogP contribution in [0.4, 0.5) is 0 Å². The number of thioether (sulfide) groups is 1. The Morgan fingerprint density at radius 3 is 2.88 bits per heavy atom. The molecule has 0 saturated carbocycles. The zero-order chi connectivity index (χ0) is 16.8. The number of aryl methyl sites for hydroxylation is 1. The summed E-state index contributed by atoms with van der Waals surface area (Å²) in [6, 6.07) is 10.8. The van der Waals surface area contributed by atoms with Crippen molar-refractivity contribution in [3.63, 3.8) is 0 Å². The monoisotopic (exact) mass is 347 g/mol. The Morgan fingerprint density at radius 1 is 1.29 bits per heavy atom. The highest BCUT2D eigenvalue weighted by atomic mass is 32.2. The summed E-state index contributed by atoms with van der Waals surface area (Å²) in [5.74, 6) is 3.37. The van der Waals surface area contributed by atoms with Gasteiger partial charge in [0.05, 0.1) is 13.2 Å². The second kappa shape index (κ2) is 8.65. The number of rotatable bonds is 7. The van der Waals surface area contributed by atoms with Gasteiger partial charge in [0.2, 0.25) is 5.89 Å². The second-order valence-corrected chi connectivity index (χ2v) is 7.26. The van der Waals surface area contributed by atoms with Crippen molar-refractivity contribution >= 4 is 11.8 Å². The molecular weight excluding hydrogens is 322 g/mol. The van der Waals surface area contributed by atoms with Crippen LogP contribution in [-0.4, -0.2) is 44.3 Å². The summed E-state index contributed by atoms with van der Waals surface area (Å²) >= 11 is 1.89. The normalized spacial score (nSPS) is 21.9. The van der Waals surface area contributed by atoms with E-state index in [1.807, 2.05) is 17.8 Å². The number of benzene rings is 1. The molecule has 1 aliphatic heterocycles. The largest absolute Gasteiger partial charge is 0.395 e. The van der Waals surface area contributed by atoms with Gasteiger partial charge in [-0.25, -0.2) is 0 Å². The molecule has 130 valence electrons. The standard InChI is InChI=1S/C18H25N3O2S/c1-2-3-9-17-19-18(23-20-17)10-21-15(11-22)12-24-13-16(21)14-7-5-4-6-8-14/h4-8,15-16,22H,2-3,9-13H2,1H3/t15-,16-/m0/s1. The number of hydrogen-bond acceptors (Lipinski definition) is 6. The molecule has 3 rings (SSSR count). The average Bonchev–Trinajstić information content (AvgIpc) is 3.08. The Hall–Kier alpha value is -1.37. The molecular formula is C18H25N3O2S. The third kappa shape index (κ3) is 4.18. The molecule has 0 amide bonds. The zero-order valence-corrected chi connectivity index (χ0v) is 14.9. The summed E-state index contributed by atoms with van der Waals surface area (Å²) in [6.07, 6.45) is 3.06. The summed E-state index contributed by atoms with van der Waals surface area (Å²) in [5, 5.41) is 13.9. The van der Waals surface area contributed by atoms with Crippen LogP contribution in [0.3, 0.4) is 0 Å². The van der Waals surface area contributed by atoms with E-state index in [0.29, 0.717) is 12.4 Å². The third-order valence-electron chi connectivity index (χ3n) is 4.43. The third-order valence-corrected chi connectivity index (χ3v) is 5.60. The molecule has 1 aromatic carbocycles. The average molecular weight is 347 g/mol. The fraction of sp³-hybridized carbons (Fsp3) is 0.556. The Labute approximate surface area is 147 Å². The van der Waals surface area contributed by atoms with Crippen LogP contribution in [0.15, 0.2) is 34.9 Å². The number of hydrogen-bond donors (Lipinski definition) is 1. The number of nitrogens with zero attached hydrogens (tertiary/aromatic N) is 3. The summed E-state index contributed by atoms with van der Waals surface area (Å²) in [7, 11) is 0. The number of aliphatic hydroxyl groups is 1. The van der Waals surface area contributed by atoms with Gasteiger partial charge in [-0.3, -0.25) is 4.90 Å². The molecule has 0 spiro atoms. The fourth-order valence-corrected chi connectivity index (χ4v) is 4.38. The molecule has 1 fully saturated rings. The van der Waals surface area contributed by atoms with E-state index < -0.39 is 0 Å². The van der Waals surface area contributed by atoms with Crippen LogP contribution >= 0.6 is 11.8 Å². The van der Waals surface area contributed by atoms with Gasteiger partial charge in [-0.2, -0.15) is 16.7 Å². The maximum Gasteiger partial charge on any atom is 0.240 e. The first-order valence-corrected chi connectivity index (χ1v) is 9.78. The van der Waals surface area contributed by atoms with Gasteiger partial charge in [0.1, 0.15) is 0 Å². The highest BCUT2D eigenvalue weighted by Crippen LogP contribution is 2.33. The van der Waals surface area contributed by atoms with E-state index in [0.717, 1.165) is 36.6 Å². The van der Waals surface area contributed by atoms with E-state index >= 15 is 0 Å². The van der Waals surface area contributed by atoms with Gasteiger partial charge in [-0.05, 0) is 12.0 Å². The molecule has 1 aliphatic rings. The van der Waals surface area contributed by atoms with E-state index in [2.05, 4.69) is 46.2 Å². The fourth-order valence-electron chi connectivity index (χ4n) is 3.07. The van der Waals surface area contributed by atoms with Crippen molar-refractivity contribution in [2.45, 2.75) is 44.8 Å². The highest BCUT2D eigenvalue weighted by Gasteiger charge is 2.32. The van der Waals surface area contributed by atoms with Crippen LogP contribution in [0, 0.1) is 0 Å². The molecule has 2 atom stereocenters. The molecule has 0 aliphatic carbocycles. The Bertz CT molecular complexity index is 620. The van der Waals surface area contributed by atoms with Crippen molar-refractivity contribution in [2.75, 3.05) is 18.1 Å². The van der Waals surface area contributed by atoms with E-state index in [-0.39, 0.29) is 18.7 Å². The number of aliphatic hydroxyl groups excluding tert-OH is 1. The molecule has 5 nitrogen and oxygen atoms in total. The quantitative estimate of drug-likeness (QED) is 0.830. The second-order valence-electron chi connectivity index (χ2n) is 6.18. The van der Waals surface area contributed by atoms with Gasteiger partial charge in [0.15, 0.2) is 5.82 Å². The van der Waals surface area contributed by atoms with Crippen molar-refractivity contribution in [3.8, 4) is 0 Å². The van der Waals surface area contributed by atoms with Crippen LogP contribution < -0.4 is 0 Å². The van der Waals surface area contributed by atoms with E-state index in [4.69, 9.17) is 4.52 Å². The minimum atomic E-state index is 0.111. The Kier molecular flexibility index (Phi) is 6.29. The van der Waals surface area contributed by atoms with E-state index in [1.165, 1.54) is 5.56 Å². The van der Waals surface area contributed by atoms with Crippen molar-refractivity contribution < 1.29 is 9.63 Å². The zero-order valence-electron chi connectivity index (χ0n) is 14.1. The van der Waals surface area contributed by atoms with Crippen molar-refractivity contribution in [3.05, 3.63) is 47.6 Å². The van der Waals surface area contributed by atoms with Crippen LogP contribution in [-0.2, 0) is 13.0 Å². The van der Waals surface area contributed by atoms with Crippen LogP contribution in [0.25, 0.3) is 0 Å². The molecule has 24 heavy (non-hydrogen) atoms. The molecule has 1 aromatic heterocycles. The molecule has 2 heterocycles. The topological polar surface area (TPSA) is 62.4 Å². The molecule has 6 heteroatoms. The van der Waals surface area contributed by atoms with Crippen LogP contribution in [0.1, 0.15) is 43.1 Å². The summed E-state index contributed by atoms with van der Waals surface area (Å²) in [5.41, 5.74) is 1.27. The highest BCUT2D eigenvalue weighted by molar-refractivity contribution is 7.99. The molecule has 1 saturated heterocycles. The SMILES string of the molecule is CCCCc1noc(CN2[C@@H](CO)CSC[C@H]2c2ccccc2)n1. The summed E-state index contributed by atoms with van der Waals surface area (Å²) in [4.78, 5) is 6.84. The van der Waals surface area contributed by atoms with E-state index in [1.54, 1.807) is 0 Å². The lowest BCUT2D eigenvalue weighted by atomic mass is 10.0. The smallest absolute Gasteiger partial charge is 0.240 e. The molecule has 0 unspecified atom stereocenters. The van der Waals surface area contributed by atoms with Crippen molar-refractivity contribution in [1.29, 1.82) is 0 Å². The lowest BCUT2D eigenvalue weighted by molar-refractivity contribution is 0.0807. The first kappa shape index (κ1) is 17.5. The van der Waals surface area contributed by atoms with Gasteiger partial charge < -0.3 is 9.63 Å². The maximum absolute atomic E-state index is 9.80. The number of unbranched alkanes of at least 4 members (excludes halogenated alkanes) is 1. The van der Waals surface area contributed by atoms with Crippen molar-refractivity contribution in [1.82, 2.24) is 15.0 Å². The first-order chi connectivity index (χ1) is 11.8. The maximum atomic E-state index is 9.80.